The van der Waals surface area contributed by atoms with Crippen molar-refractivity contribution in [3.8, 4) is 5.75 Å². The van der Waals surface area contributed by atoms with Crippen LogP contribution in [-0.2, 0) is 11.3 Å². The third-order valence-electron chi connectivity index (χ3n) is 4.40. The van der Waals surface area contributed by atoms with Crippen LogP contribution >= 0.6 is 24.0 Å². The monoisotopic (exact) mass is 515 g/mol. The summed E-state index contributed by atoms with van der Waals surface area (Å²) in [5, 5.41) is 6.43. The van der Waals surface area contributed by atoms with Gasteiger partial charge in [-0.2, -0.15) is 0 Å². The maximum Gasteiger partial charge on any atom is 0.341 e. The number of rotatable bonds is 6. The molecule has 8 heteroatoms. The van der Waals surface area contributed by atoms with Crippen molar-refractivity contribution in [3.63, 3.8) is 0 Å². The van der Waals surface area contributed by atoms with Gasteiger partial charge in [0.15, 0.2) is 5.96 Å². The van der Waals surface area contributed by atoms with Gasteiger partial charge in [0.25, 0.3) is 0 Å². The van der Waals surface area contributed by atoms with E-state index in [1.54, 1.807) is 32.2 Å². The van der Waals surface area contributed by atoms with Gasteiger partial charge in [0.05, 0.1) is 20.3 Å². The van der Waals surface area contributed by atoms with E-state index < -0.39 is 5.97 Å². The smallest absolute Gasteiger partial charge is 0.341 e. The number of carbonyl (C=O) groups excluding carboxylic acids is 1. The van der Waals surface area contributed by atoms with Gasteiger partial charge in [0.1, 0.15) is 17.1 Å². The first-order chi connectivity index (χ1) is 13.4. The molecule has 1 atom stereocenters. The number of guanidine groups is 1. The largest absolute Gasteiger partial charge is 0.496 e. The molecule has 0 radical (unpaired) electrons. The highest BCUT2D eigenvalue weighted by Crippen LogP contribution is 2.21. The summed E-state index contributed by atoms with van der Waals surface area (Å²) in [5.41, 5.74) is 2.71. The van der Waals surface area contributed by atoms with Crippen molar-refractivity contribution in [1.29, 1.82) is 0 Å². The highest BCUT2D eigenvalue weighted by Gasteiger charge is 2.14. The Labute approximate surface area is 187 Å². The predicted octanol–water partition coefficient (Wildman–Crippen LogP) is 3.97. The lowest BCUT2D eigenvalue weighted by atomic mass is 10.1. The molecular formula is C21H27FIN3O3. The first-order valence-electron chi connectivity index (χ1n) is 8.88. The van der Waals surface area contributed by atoms with Crippen molar-refractivity contribution < 1.29 is 18.7 Å². The highest BCUT2D eigenvalue weighted by atomic mass is 127. The molecule has 2 N–H and O–H groups in total. The third kappa shape index (κ3) is 6.59. The topological polar surface area (TPSA) is 72.0 Å². The highest BCUT2D eigenvalue weighted by molar-refractivity contribution is 14.0. The number of nitrogens with zero attached hydrogens (tertiary/aromatic N) is 1. The summed E-state index contributed by atoms with van der Waals surface area (Å²) in [6.07, 6.45) is 0. The number of halogens is 2. The van der Waals surface area contributed by atoms with Gasteiger partial charge in [0, 0.05) is 13.6 Å². The van der Waals surface area contributed by atoms with E-state index in [-0.39, 0.29) is 35.8 Å². The van der Waals surface area contributed by atoms with Gasteiger partial charge < -0.3 is 20.1 Å². The lowest BCUT2D eigenvalue weighted by molar-refractivity contribution is 0.0597. The molecule has 0 aliphatic carbocycles. The molecule has 0 saturated heterocycles. The van der Waals surface area contributed by atoms with Gasteiger partial charge in [0.2, 0.25) is 0 Å². The molecule has 0 heterocycles. The number of carbonyl (C=O) groups is 1. The van der Waals surface area contributed by atoms with E-state index in [0.717, 1.165) is 11.1 Å². The Morgan fingerprint density at radius 1 is 1.21 bits per heavy atom. The summed E-state index contributed by atoms with van der Waals surface area (Å²) in [4.78, 5) is 15.9. The quantitative estimate of drug-likeness (QED) is 0.264. The predicted molar refractivity (Wildman–Crippen MR) is 123 cm³/mol. The van der Waals surface area contributed by atoms with E-state index in [1.807, 2.05) is 19.1 Å². The Morgan fingerprint density at radius 2 is 1.93 bits per heavy atom. The lowest BCUT2D eigenvalue weighted by Crippen LogP contribution is -2.38. The van der Waals surface area contributed by atoms with Crippen LogP contribution in [0.2, 0.25) is 0 Å². The average Bonchev–Trinajstić information content (AvgIpc) is 2.71. The number of benzene rings is 2. The Kier molecular flexibility index (Phi) is 9.87. The van der Waals surface area contributed by atoms with Crippen molar-refractivity contribution in [3.05, 3.63) is 64.5 Å². The summed E-state index contributed by atoms with van der Waals surface area (Å²) in [6, 6.07) is 10.3. The van der Waals surface area contributed by atoms with Gasteiger partial charge in [-0.1, -0.05) is 18.2 Å². The molecule has 0 fully saturated rings. The van der Waals surface area contributed by atoms with E-state index in [9.17, 15) is 9.18 Å². The van der Waals surface area contributed by atoms with Crippen molar-refractivity contribution in [2.24, 2.45) is 4.99 Å². The van der Waals surface area contributed by atoms with Gasteiger partial charge in [-0.3, -0.25) is 4.99 Å². The second kappa shape index (κ2) is 11.6. The second-order valence-electron chi connectivity index (χ2n) is 6.33. The molecule has 0 spiro atoms. The lowest BCUT2D eigenvalue weighted by Gasteiger charge is -2.19. The Bertz CT molecular complexity index is 874. The second-order valence-corrected chi connectivity index (χ2v) is 6.33. The molecular weight excluding hydrogens is 488 g/mol. The minimum Gasteiger partial charge on any atom is -0.496 e. The molecule has 0 saturated carbocycles. The summed E-state index contributed by atoms with van der Waals surface area (Å²) in [6.45, 7) is 4.13. The molecule has 2 aromatic carbocycles. The number of aliphatic imine (C=N–C) groups is 1. The molecule has 0 amide bonds. The zero-order chi connectivity index (χ0) is 20.7. The molecule has 0 aliphatic heterocycles. The maximum absolute atomic E-state index is 13.8. The summed E-state index contributed by atoms with van der Waals surface area (Å²) in [7, 11) is 4.49. The summed E-state index contributed by atoms with van der Waals surface area (Å²) in [5.74, 6) is 0.335. The van der Waals surface area contributed by atoms with E-state index >= 15 is 0 Å². The Morgan fingerprint density at radius 3 is 2.52 bits per heavy atom. The van der Waals surface area contributed by atoms with Crippen LogP contribution in [0.25, 0.3) is 0 Å². The number of methoxy groups -OCH3 is 2. The third-order valence-corrected chi connectivity index (χ3v) is 4.40. The van der Waals surface area contributed by atoms with Crippen molar-refractivity contribution in [2.75, 3.05) is 21.3 Å². The first-order valence-corrected chi connectivity index (χ1v) is 8.88. The van der Waals surface area contributed by atoms with Crippen molar-refractivity contribution in [2.45, 2.75) is 26.4 Å². The summed E-state index contributed by atoms with van der Waals surface area (Å²) >= 11 is 0. The number of aryl methyl sites for hydroxylation is 1. The van der Waals surface area contributed by atoms with Crippen LogP contribution in [0.1, 0.15) is 40.0 Å². The number of nitrogens with one attached hydrogen (secondary N) is 2. The van der Waals surface area contributed by atoms with Crippen LogP contribution in [0.15, 0.2) is 41.4 Å². The zero-order valence-electron chi connectivity index (χ0n) is 17.2. The average molecular weight is 515 g/mol. The molecule has 29 heavy (non-hydrogen) atoms. The van der Waals surface area contributed by atoms with Gasteiger partial charge in [-0.25, -0.2) is 9.18 Å². The van der Waals surface area contributed by atoms with Crippen molar-refractivity contribution >= 4 is 35.9 Å². The molecule has 0 bridgehead atoms. The minimum atomic E-state index is -0.451. The van der Waals surface area contributed by atoms with E-state index in [1.165, 1.54) is 20.3 Å². The van der Waals surface area contributed by atoms with Crippen LogP contribution in [0.4, 0.5) is 4.39 Å². The number of esters is 1. The SMILES string of the molecule is CN=C(NCc1ccc(C(=O)OC)c(OC)c1)NC(C)c1ccc(C)c(F)c1.I. The van der Waals surface area contributed by atoms with E-state index in [4.69, 9.17) is 9.47 Å². The molecule has 6 nitrogen and oxygen atoms in total. The van der Waals surface area contributed by atoms with Gasteiger partial charge >= 0.3 is 5.97 Å². The number of hydrogen-bond acceptors (Lipinski definition) is 4. The molecule has 0 aliphatic rings. The molecule has 2 aromatic rings. The Balaban J connectivity index is 0.00000420. The normalized spacial score (nSPS) is 11.9. The van der Waals surface area contributed by atoms with E-state index in [0.29, 0.717) is 29.4 Å². The maximum atomic E-state index is 13.8. The fraction of sp³-hybridized carbons (Fsp3) is 0.333. The standard InChI is InChI=1S/C21H26FN3O3.HI/c1-13-6-8-16(11-18(13)22)14(2)25-21(23-3)24-12-15-7-9-17(20(26)28-5)19(10-15)27-4;/h6-11,14H,12H2,1-5H3,(H2,23,24,25);1H. The Hall–Kier alpha value is -2.36. The van der Waals surface area contributed by atoms with Crippen LogP contribution < -0.4 is 15.4 Å². The van der Waals surface area contributed by atoms with Gasteiger partial charge in [-0.15, -0.1) is 24.0 Å². The van der Waals surface area contributed by atoms with Crippen LogP contribution in [-0.4, -0.2) is 33.2 Å². The van der Waals surface area contributed by atoms with Gasteiger partial charge in [-0.05, 0) is 48.7 Å². The molecule has 1 unspecified atom stereocenters. The fourth-order valence-electron chi connectivity index (χ4n) is 2.67. The van der Waals surface area contributed by atoms with Crippen LogP contribution in [0, 0.1) is 12.7 Å². The van der Waals surface area contributed by atoms with E-state index in [2.05, 4.69) is 15.6 Å². The van der Waals surface area contributed by atoms with Crippen molar-refractivity contribution in [1.82, 2.24) is 10.6 Å². The molecule has 0 aromatic heterocycles. The molecule has 158 valence electrons. The van der Waals surface area contributed by atoms with Crippen LogP contribution in [0.3, 0.4) is 0 Å². The first kappa shape index (κ1) is 24.7. The minimum absolute atomic E-state index is 0. The van der Waals surface area contributed by atoms with Crippen LogP contribution in [0.5, 0.6) is 5.75 Å². The fourth-order valence-corrected chi connectivity index (χ4v) is 2.67. The number of hydrogen-bond donors (Lipinski definition) is 2. The number of ether oxygens (including phenoxy) is 2. The molecule has 2 rings (SSSR count). The zero-order valence-corrected chi connectivity index (χ0v) is 19.5. The summed E-state index contributed by atoms with van der Waals surface area (Å²) < 4.78 is 23.8.